The molecule has 0 aromatic rings. The molecule has 3 aliphatic carbocycles. The summed E-state index contributed by atoms with van der Waals surface area (Å²) >= 11 is 0. The van der Waals surface area contributed by atoms with Gasteiger partial charge in [0, 0.05) is 13.1 Å². The van der Waals surface area contributed by atoms with Crippen LogP contribution in [-0.2, 0) is 14.4 Å². The Hall–Kier alpha value is -1.65. The zero-order valence-electron chi connectivity index (χ0n) is 14.9. The third-order valence-corrected chi connectivity index (χ3v) is 5.84. The van der Waals surface area contributed by atoms with Gasteiger partial charge in [0.1, 0.15) is 6.04 Å². The predicted octanol–water partition coefficient (Wildman–Crippen LogP) is 2.22. The van der Waals surface area contributed by atoms with Crippen molar-refractivity contribution in [3.63, 3.8) is 0 Å². The largest absolute Gasteiger partial charge is 0.341 e. The Bertz CT molecular complexity index is 533. The van der Waals surface area contributed by atoms with E-state index in [1.165, 1.54) is 4.90 Å². The standard InChI is InChI=1S/C19H28N2O3/c1-4-10-20(11-5-2)17(22)12(3)21-18(23)15-13-6-7-14(9-8-13)16(15)19(21)24/h6-7,12-16H,4-5,8-11H2,1-3H3. The van der Waals surface area contributed by atoms with Gasteiger partial charge < -0.3 is 4.90 Å². The van der Waals surface area contributed by atoms with Gasteiger partial charge in [0.05, 0.1) is 11.8 Å². The molecule has 0 spiro atoms. The van der Waals surface area contributed by atoms with E-state index in [4.69, 9.17) is 0 Å². The van der Waals surface area contributed by atoms with Crippen LogP contribution in [0.25, 0.3) is 0 Å². The molecule has 5 nitrogen and oxygen atoms in total. The topological polar surface area (TPSA) is 57.7 Å². The fraction of sp³-hybridized carbons (Fsp3) is 0.737. The lowest BCUT2D eigenvalue weighted by atomic mass is 9.63. The van der Waals surface area contributed by atoms with Crippen LogP contribution in [0.1, 0.15) is 46.5 Å². The molecule has 24 heavy (non-hydrogen) atoms. The lowest BCUT2D eigenvalue weighted by molar-refractivity contribution is -0.151. The Morgan fingerprint density at radius 2 is 1.54 bits per heavy atom. The zero-order valence-corrected chi connectivity index (χ0v) is 14.9. The number of hydrogen-bond donors (Lipinski definition) is 0. The number of carbonyl (C=O) groups is 3. The highest BCUT2D eigenvalue weighted by Crippen LogP contribution is 2.49. The molecule has 0 aromatic heterocycles. The van der Waals surface area contributed by atoms with Gasteiger partial charge in [0.2, 0.25) is 17.7 Å². The molecule has 4 rings (SSSR count). The van der Waals surface area contributed by atoms with Gasteiger partial charge in [-0.1, -0.05) is 26.0 Å². The summed E-state index contributed by atoms with van der Waals surface area (Å²) in [5.74, 6) is -0.475. The first-order valence-electron chi connectivity index (χ1n) is 9.35. The van der Waals surface area contributed by atoms with Crippen molar-refractivity contribution in [2.24, 2.45) is 23.7 Å². The maximum absolute atomic E-state index is 12.9. The van der Waals surface area contributed by atoms with Crippen LogP contribution < -0.4 is 0 Å². The number of fused-ring (bicyclic) bond motifs is 1. The minimum atomic E-state index is -0.687. The van der Waals surface area contributed by atoms with E-state index in [9.17, 15) is 14.4 Å². The summed E-state index contributed by atoms with van der Waals surface area (Å²) in [7, 11) is 0. The molecule has 5 heteroatoms. The van der Waals surface area contributed by atoms with Crippen molar-refractivity contribution < 1.29 is 14.4 Å². The summed E-state index contributed by atoms with van der Waals surface area (Å²) in [6.45, 7) is 7.12. The normalized spacial score (nSPS) is 32.2. The number of imide groups is 1. The molecule has 132 valence electrons. The molecule has 4 aliphatic rings. The van der Waals surface area contributed by atoms with Crippen molar-refractivity contribution in [1.29, 1.82) is 0 Å². The van der Waals surface area contributed by atoms with Gasteiger partial charge in [0.15, 0.2) is 0 Å². The van der Waals surface area contributed by atoms with Crippen molar-refractivity contribution in [3.05, 3.63) is 12.2 Å². The van der Waals surface area contributed by atoms with Gasteiger partial charge in [-0.25, -0.2) is 0 Å². The monoisotopic (exact) mass is 332 g/mol. The lowest BCUT2D eigenvalue weighted by Crippen LogP contribution is -2.50. The van der Waals surface area contributed by atoms with Gasteiger partial charge in [-0.15, -0.1) is 0 Å². The van der Waals surface area contributed by atoms with E-state index >= 15 is 0 Å². The molecule has 1 saturated heterocycles. The van der Waals surface area contributed by atoms with E-state index in [0.29, 0.717) is 13.1 Å². The number of nitrogens with zero attached hydrogens (tertiary/aromatic N) is 2. The minimum absolute atomic E-state index is 0.0978. The van der Waals surface area contributed by atoms with Gasteiger partial charge in [0.25, 0.3) is 0 Å². The highest BCUT2D eigenvalue weighted by atomic mass is 16.2. The fourth-order valence-electron chi connectivity index (χ4n) is 4.73. The highest BCUT2D eigenvalue weighted by Gasteiger charge is 2.58. The second-order valence-electron chi connectivity index (χ2n) is 7.39. The van der Waals surface area contributed by atoms with Crippen molar-refractivity contribution in [2.75, 3.05) is 13.1 Å². The molecule has 2 fully saturated rings. The van der Waals surface area contributed by atoms with Crippen molar-refractivity contribution in [2.45, 2.75) is 52.5 Å². The van der Waals surface area contributed by atoms with Gasteiger partial charge >= 0.3 is 0 Å². The van der Waals surface area contributed by atoms with Gasteiger partial charge in [-0.05, 0) is 44.4 Å². The average Bonchev–Trinajstić information content (AvgIpc) is 2.88. The maximum atomic E-state index is 12.9. The average molecular weight is 332 g/mol. The van der Waals surface area contributed by atoms with Crippen molar-refractivity contribution in [3.8, 4) is 0 Å². The Labute approximate surface area is 144 Å². The third-order valence-electron chi connectivity index (χ3n) is 5.84. The van der Waals surface area contributed by atoms with Crippen LogP contribution in [0.5, 0.6) is 0 Å². The van der Waals surface area contributed by atoms with Crippen LogP contribution in [-0.4, -0.2) is 46.7 Å². The molecule has 1 aliphatic heterocycles. The van der Waals surface area contributed by atoms with Crippen LogP contribution in [0.2, 0.25) is 0 Å². The van der Waals surface area contributed by atoms with E-state index in [0.717, 1.165) is 25.7 Å². The number of likely N-dealkylation sites (tertiary alicyclic amines) is 1. The first-order chi connectivity index (χ1) is 11.5. The summed E-state index contributed by atoms with van der Waals surface area (Å²) in [4.78, 5) is 41.8. The second kappa shape index (κ2) is 6.69. The Balaban J connectivity index is 1.80. The predicted molar refractivity (Wildman–Crippen MR) is 90.8 cm³/mol. The van der Waals surface area contributed by atoms with E-state index in [1.807, 2.05) is 13.8 Å². The number of rotatable bonds is 6. The number of allylic oxidation sites excluding steroid dienone is 2. The van der Waals surface area contributed by atoms with E-state index in [2.05, 4.69) is 12.2 Å². The van der Waals surface area contributed by atoms with E-state index < -0.39 is 6.04 Å². The summed E-state index contributed by atoms with van der Waals surface area (Å²) in [5, 5.41) is 0. The van der Waals surface area contributed by atoms with Crippen LogP contribution in [0, 0.1) is 23.7 Å². The third kappa shape index (κ3) is 2.58. The number of carbonyl (C=O) groups excluding carboxylic acids is 3. The summed E-state index contributed by atoms with van der Waals surface area (Å²) in [5.41, 5.74) is 0. The second-order valence-corrected chi connectivity index (χ2v) is 7.39. The Morgan fingerprint density at radius 3 is 1.92 bits per heavy atom. The molecule has 0 radical (unpaired) electrons. The first kappa shape index (κ1) is 17.2. The van der Waals surface area contributed by atoms with Crippen LogP contribution in [0.3, 0.4) is 0 Å². The molecule has 0 N–H and O–H groups in total. The molecule has 0 aromatic carbocycles. The Kier molecular flexibility index (Phi) is 4.79. The molecule has 5 unspecified atom stereocenters. The molecule has 3 amide bonds. The zero-order chi connectivity index (χ0) is 17.4. The van der Waals surface area contributed by atoms with Gasteiger partial charge in [-0.3, -0.25) is 19.3 Å². The SMILES string of the molecule is CCCN(CCC)C(=O)C(C)N1C(=O)C2C3C=CC(CC3)C2C1=O. The Morgan fingerprint density at radius 1 is 1.08 bits per heavy atom. The summed E-state index contributed by atoms with van der Waals surface area (Å²) in [6, 6.07) is -0.687. The van der Waals surface area contributed by atoms with Crippen molar-refractivity contribution in [1.82, 2.24) is 9.80 Å². The molecule has 1 heterocycles. The van der Waals surface area contributed by atoms with Gasteiger partial charge in [-0.2, -0.15) is 0 Å². The molecule has 5 atom stereocenters. The fourth-order valence-corrected chi connectivity index (χ4v) is 4.73. The number of amides is 3. The summed E-state index contributed by atoms with van der Waals surface area (Å²) in [6.07, 6.45) is 7.93. The molecule has 1 saturated carbocycles. The van der Waals surface area contributed by atoms with Crippen LogP contribution in [0.4, 0.5) is 0 Å². The maximum Gasteiger partial charge on any atom is 0.245 e. The molecule has 2 bridgehead atoms. The molecular weight excluding hydrogens is 304 g/mol. The minimum Gasteiger partial charge on any atom is -0.341 e. The first-order valence-corrected chi connectivity index (χ1v) is 9.35. The highest BCUT2D eigenvalue weighted by molar-refractivity contribution is 6.09. The number of hydrogen-bond acceptors (Lipinski definition) is 3. The lowest BCUT2D eigenvalue weighted by Gasteiger charge is -2.38. The van der Waals surface area contributed by atoms with Crippen LogP contribution >= 0.6 is 0 Å². The van der Waals surface area contributed by atoms with E-state index in [1.54, 1.807) is 11.8 Å². The van der Waals surface area contributed by atoms with E-state index in [-0.39, 0.29) is 41.4 Å². The quantitative estimate of drug-likeness (QED) is 0.553. The molecular formula is C19H28N2O3. The smallest absolute Gasteiger partial charge is 0.245 e. The van der Waals surface area contributed by atoms with Crippen LogP contribution in [0.15, 0.2) is 12.2 Å². The van der Waals surface area contributed by atoms with Crippen molar-refractivity contribution >= 4 is 17.7 Å². The summed E-state index contributed by atoms with van der Waals surface area (Å²) < 4.78 is 0.